The predicted molar refractivity (Wildman–Crippen MR) is 301 cm³/mol. The Kier molecular flexibility index (Phi) is 46.6. The lowest BCUT2D eigenvalue weighted by molar-refractivity contribution is -0.305. The van der Waals surface area contributed by atoms with E-state index >= 15 is 0 Å². The molecule has 1 aliphatic rings. The summed E-state index contributed by atoms with van der Waals surface area (Å²) in [4.78, 5) is 26.4. The van der Waals surface area contributed by atoms with E-state index in [1.165, 1.54) is 116 Å². The molecule has 1 aliphatic heterocycles. The summed E-state index contributed by atoms with van der Waals surface area (Å²) in [7, 11) is 0. The SMILES string of the molecule is CCCCC/C=C\C/C=C\C/C=C\CCCCCCCCC(=O)OC1C(OCC(NC(=O)C(O)C/C=C/C/C=C\CCCCCCCC)C(O)/C=C/CCCCCCCCCCCCC)OC(CO)C(O)C1O. The number of esters is 1. The molecule has 0 saturated carbocycles. The number of aliphatic hydroxyl groups is 5. The number of amides is 1. The van der Waals surface area contributed by atoms with Crippen molar-refractivity contribution in [3.63, 3.8) is 0 Å². The number of aliphatic hydroxyl groups excluding tert-OH is 5. The third-order valence-electron chi connectivity index (χ3n) is 13.6. The number of nitrogens with one attached hydrogen (secondary N) is 1. The van der Waals surface area contributed by atoms with Crippen LogP contribution in [0.3, 0.4) is 0 Å². The van der Waals surface area contributed by atoms with Crippen LogP contribution < -0.4 is 5.32 Å². The van der Waals surface area contributed by atoms with Crippen LogP contribution >= 0.6 is 0 Å². The summed E-state index contributed by atoms with van der Waals surface area (Å²) in [5.41, 5.74) is 0. The molecule has 11 heteroatoms. The zero-order valence-corrected chi connectivity index (χ0v) is 46.5. The molecule has 0 aromatic rings. The van der Waals surface area contributed by atoms with Crippen LogP contribution in [0.4, 0.5) is 0 Å². The number of unbranched alkanes of at least 4 members (excludes halogenated alkanes) is 26. The lowest BCUT2D eigenvalue weighted by atomic mass is 9.99. The first kappa shape index (κ1) is 68.1. The van der Waals surface area contributed by atoms with Gasteiger partial charge in [0.25, 0.3) is 0 Å². The first-order chi connectivity index (χ1) is 35.7. The molecule has 0 aliphatic carbocycles. The third kappa shape index (κ3) is 38.3. The Morgan fingerprint density at radius 2 is 0.945 bits per heavy atom. The minimum absolute atomic E-state index is 0.0787. The molecule has 8 unspecified atom stereocenters. The average Bonchev–Trinajstić information content (AvgIpc) is 3.39. The normalized spacial score (nSPS) is 19.9. The van der Waals surface area contributed by atoms with Gasteiger partial charge in [-0.05, 0) is 77.0 Å². The summed E-state index contributed by atoms with van der Waals surface area (Å²) in [6, 6.07) is -1.06. The van der Waals surface area contributed by atoms with Crippen molar-refractivity contribution in [1.29, 1.82) is 0 Å². The van der Waals surface area contributed by atoms with Crippen LogP contribution in [0.5, 0.6) is 0 Å². The Morgan fingerprint density at radius 1 is 0.534 bits per heavy atom. The van der Waals surface area contributed by atoms with Crippen LogP contribution in [0.15, 0.2) is 72.9 Å². The van der Waals surface area contributed by atoms with Gasteiger partial charge in [0, 0.05) is 12.8 Å². The van der Waals surface area contributed by atoms with Crippen molar-refractivity contribution >= 4 is 11.9 Å². The molecule has 1 saturated heterocycles. The average molecular weight is 1030 g/mol. The summed E-state index contributed by atoms with van der Waals surface area (Å²) in [6.07, 6.45) is 52.4. The van der Waals surface area contributed by atoms with Crippen LogP contribution in [0.2, 0.25) is 0 Å². The fraction of sp³-hybridized carbons (Fsp3) is 0.774. The summed E-state index contributed by atoms with van der Waals surface area (Å²) in [6.45, 7) is 5.70. The van der Waals surface area contributed by atoms with Crippen LogP contribution in [-0.4, -0.2) is 99.6 Å². The number of allylic oxidation sites excluding steroid dienone is 10. The molecule has 1 amide bonds. The van der Waals surface area contributed by atoms with E-state index in [0.29, 0.717) is 12.8 Å². The lowest BCUT2D eigenvalue weighted by Gasteiger charge is -2.41. The zero-order valence-electron chi connectivity index (χ0n) is 46.5. The summed E-state index contributed by atoms with van der Waals surface area (Å²) < 4.78 is 17.5. The van der Waals surface area contributed by atoms with E-state index in [1.54, 1.807) is 12.2 Å². The number of hydrogen-bond acceptors (Lipinski definition) is 10. The zero-order chi connectivity index (χ0) is 53.3. The second kappa shape index (κ2) is 49.9. The van der Waals surface area contributed by atoms with Crippen molar-refractivity contribution < 1.29 is 49.3 Å². The maximum absolute atomic E-state index is 13.3. The molecule has 1 fully saturated rings. The molecular formula is C62H109NO10. The van der Waals surface area contributed by atoms with Crippen molar-refractivity contribution in [1.82, 2.24) is 5.32 Å². The fourth-order valence-corrected chi connectivity index (χ4v) is 8.82. The van der Waals surface area contributed by atoms with Crippen LogP contribution in [0.1, 0.15) is 245 Å². The smallest absolute Gasteiger partial charge is 0.306 e. The van der Waals surface area contributed by atoms with E-state index in [4.69, 9.17) is 14.2 Å². The molecule has 0 bridgehead atoms. The van der Waals surface area contributed by atoms with Crippen molar-refractivity contribution in [2.24, 2.45) is 0 Å². The Hall–Kier alpha value is -2.90. The molecule has 73 heavy (non-hydrogen) atoms. The van der Waals surface area contributed by atoms with Crippen molar-refractivity contribution in [3.8, 4) is 0 Å². The van der Waals surface area contributed by atoms with Gasteiger partial charge in [0.05, 0.1) is 25.4 Å². The molecule has 0 aromatic heterocycles. The maximum Gasteiger partial charge on any atom is 0.306 e. The van der Waals surface area contributed by atoms with Crippen LogP contribution in [0.25, 0.3) is 0 Å². The Balaban J connectivity index is 2.74. The van der Waals surface area contributed by atoms with E-state index in [0.717, 1.165) is 83.5 Å². The van der Waals surface area contributed by atoms with Crippen LogP contribution in [0, 0.1) is 0 Å². The maximum atomic E-state index is 13.3. The second-order valence-electron chi connectivity index (χ2n) is 20.4. The van der Waals surface area contributed by atoms with Gasteiger partial charge >= 0.3 is 5.97 Å². The minimum Gasteiger partial charge on any atom is -0.454 e. The number of rotatable bonds is 49. The Labute approximate surface area is 445 Å². The second-order valence-corrected chi connectivity index (χ2v) is 20.4. The molecule has 0 spiro atoms. The number of carbonyl (C=O) groups excluding carboxylic acids is 2. The lowest BCUT2D eigenvalue weighted by Crippen LogP contribution is -2.61. The molecule has 422 valence electrons. The molecular weight excluding hydrogens is 919 g/mol. The standard InChI is InChI=1S/C62H109NO10/c1-4-7-10-13-16-19-22-25-26-27-28-29-30-32-35-38-41-44-47-50-57(67)73-60-59(69)58(68)56(51-64)72-62(60)71-52-53(54(65)48-45-42-39-36-34-31-23-20-17-14-11-8-5-2)63-61(70)55(66)49-46-43-40-37-33-24-21-18-15-12-9-6-3/h16,19,25-26,28-29,33,37,43,45-46,48,53-56,58-60,62,64-66,68-69H,4-15,17-18,20-24,27,30-32,34-36,38-42,44,47,49-52H2,1-3H3,(H,63,70)/b19-16-,26-25-,29-28-,37-33-,46-43+,48-45+. The molecule has 11 nitrogen and oxygen atoms in total. The number of hydrogen-bond donors (Lipinski definition) is 6. The van der Waals surface area contributed by atoms with Gasteiger partial charge in [-0.25, -0.2) is 0 Å². The highest BCUT2D eigenvalue weighted by molar-refractivity contribution is 5.81. The highest BCUT2D eigenvalue weighted by Gasteiger charge is 2.47. The van der Waals surface area contributed by atoms with Gasteiger partial charge in [-0.2, -0.15) is 0 Å². The molecule has 0 radical (unpaired) electrons. The summed E-state index contributed by atoms with van der Waals surface area (Å²) >= 11 is 0. The van der Waals surface area contributed by atoms with E-state index < -0.39 is 67.4 Å². The highest BCUT2D eigenvalue weighted by atomic mass is 16.7. The number of ether oxygens (including phenoxy) is 3. The third-order valence-corrected chi connectivity index (χ3v) is 13.6. The molecule has 0 aromatic carbocycles. The quantitative estimate of drug-likeness (QED) is 0.0195. The van der Waals surface area contributed by atoms with Crippen molar-refractivity contribution in [3.05, 3.63) is 72.9 Å². The van der Waals surface area contributed by atoms with Crippen molar-refractivity contribution in [2.45, 2.75) is 294 Å². The van der Waals surface area contributed by atoms with Crippen molar-refractivity contribution in [2.75, 3.05) is 13.2 Å². The largest absolute Gasteiger partial charge is 0.454 e. The predicted octanol–water partition coefficient (Wildman–Crippen LogP) is 13.6. The topological polar surface area (TPSA) is 175 Å². The fourth-order valence-electron chi connectivity index (χ4n) is 8.82. The highest BCUT2D eigenvalue weighted by Crippen LogP contribution is 2.26. The van der Waals surface area contributed by atoms with Gasteiger partial charge in [-0.1, -0.05) is 229 Å². The van der Waals surface area contributed by atoms with Gasteiger partial charge in [0.1, 0.15) is 24.4 Å². The van der Waals surface area contributed by atoms with Gasteiger partial charge < -0.3 is 45.1 Å². The number of carbonyl (C=O) groups is 2. The Bertz CT molecular complexity index is 1460. The first-order valence-electron chi connectivity index (χ1n) is 29.7. The summed E-state index contributed by atoms with van der Waals surface area (Å²) in [5.74, 6) is -1.28. The van der Waals surface area contributed by atoms with Crippen LogP contribution in [-0.2, 0) is 23.8 Å². The first-order valence-corrected chi connectivity index (χ1v) is 29.7. The molecule has 1 heterocycles. The van der Waals surface area contributed by atoms with E-state index in [-0.39, 0.29) is 19.4 Å². The van der Waals surface area contributed by atoms with Gasteiger partial charge in [0.15, 0.2) is 12.4 Å². The van der Waals surface area contributed by atoms with Gasteiger partial charge in [-0.15, -0.1) is 0 Å². The monoisotopic (exact) mass is 1030 g/mol. The van der Waals surface area contributed by atoms with E-state index in [1.807, 2.05) is 12.2 Å². The Morgan fingerprint density at radius 3 is 1.44 bits per heavy atom. The van der Waals surface area contributed by atoms with Gasteiger partial charge in [-0.3, -0.25) is 9.59 Å². The van der Waals surface area contributed by atoms with E-state index in [2.05, 4.69) is 74.7 Å². The molecule has 6 N–H and O–H groups in total. The molecule has 8 atom stereocenters. The minimum atomic E-state index is -1.63. The van der Waals surface area contributed by atoms with E-state index in [9.17, 15) is 35.1 Å². The van der Waals surface area contributed by atoms with Gasteiger partial charge in [0.2, 0.25) is 5.91 Å². The molecule has 1 rings (SSSR count). The summed E-state index contributed by atoms with van der Waals surface area (Å²) in [5, 5.41) is 56.7.